The molecular formula is C21H24N4O4S. The van der Waals surface area contributed by atoms with E-state index in [2.05, 4.69) is 14.9 Å². The van der Waals surface area contributed by atoms with Gasteiger partial charge in [-0.2, -0.15) is 5.10 Å². The maximum atomic E-state index is 13.0. The number of carbonyl (C=O) groups excluding carboxylic acids is 1. The summed E-state index contributed by atoms with van der Waals surface area (Å²) in [5.74, 6) is 0.355. The van der Waals surface area contributed by atoms with Crippen molar-refractivity contribution in [3.63, 3.8) is 0 Å². The van der Waals surface area contributed by atoms with E-state index in [0.717, 1.165) is 24.0 Å². The monoisotopic (exact) mass is 428 g/mol. The van der Waals surface area contributed by atoms with Crippen molar-refractivity contribution in [1.82, 2.24) is 15.1 Å². The van der Waals surface area contributed by atoms with Crippen LogP contribution in [0, 0.1) is 20.8 Å². The molecule has 0 spiro atoms. The summed E-state index contributed by atoms with van der Waals surface area (Å²) in [5, 5.41) is 6.76. The van der Waals surface area contributed by atoms with Gasteiger partial charge in [0, 0.05) is 19.2 Å². The fraction of sp³-hybridized carbons (Fsp3) is 0.333. The van der Waals surface area contributed by atoms with Gasteiger partial charge in [-0.1, -0.05) is 17.7 Å². The van der Waals surface area contributed by atoms with Gasteiger partial charge >= 0.3 is 0 Å². The Morgan fingerprint density at radius 1 is 1.17 bits per heavy atom. The molecule has 0 radical (unpaired) electrons. The maximum absolute atomic E-state index is 13.0. The van der Waals surface area contributed by atoms with Crippen molar-refractivity contribution in [3.05, 3.63) is 52.9 Å². The van der Waals surface area contributed by atoms with Gasteiger partial charge in [0.1, 0.15) is 16.3 Å². The Hall–Kier alpha value is -3.07. The molecule has 9 heteroatoms. The molecule has 4 rings (SSSR count). The summed E-state index contributed by atoms with van der Waals surface area (Å²) in [7, 11) is -3.87. The van der Waals surface area contributed by atoms with E-state index in [9.17, 15) is 13.2 Å². The average molecular weight is 429 g/mol. The summed E-state index contributed by atoms with van der Waals surface area (Å²) in [6, 6.07) is 6.92. The number of nitrogens with zero attached hydrogens (tertiary/aromatic N) is 2. The molecule has 1 amide bonds. The van der Waals surface area contributed by atoms with Crippen molar-refractivity contribution in [2.24, 2.45) is 0 Å². The Balaban J connectivity index is 1.65. The molecule has 0 unspecified atom stereocenters. The second-order valence-corrected chi connectivity index (χ2v) is 9.26. The van der Waals surface area contributed by atoms with Crippen molar-refractivity contribution < 1.29 is 17.6 Å². The predicted octanol–water partition coefficient (Wildman–Crippen LogP) is 3.63. The number of aryl methyl sites for hydroxylation is 3. The molecule has 1 saturated heterocycles. The van der Waals surface area contributed by atoms with E-state index in [1.165, 1.54) is 12.3 Å². The number of carbonyl (C=O) groups is 1. The minimum Gasteiger partial charge on any atom is -0.458 e. The molecule has 1 aromatic carbocycles. The molecule has 0 aliphatic carbocycles. The Kier molecular flexibility index (Phi) is 5.15. The van der Waals surface area contributed by atoms with E-state index in [-0.39, 0.29) is 22.3 Å². The van der Waals surface area contributed by atoms with Crippen LogP contribution in [0.25, 0.3) is 11.5 Å². The molecule has 2 N–H and O–H groups in total. The average Bonchev–Trinajstić information content (AvgIpc) is 3.43. The first kappa shape index (κ1) is 20.2. The largest absolute Gasteiger partial charge is 0.458 e. The molecule has 158 valence electrons. The van der Waals surface area contributed by atoms with Gasteiger partial charge in [0.15, 0.2) is 5.76 Å². The lowest BCUT2D eigenvalue weighted by molar-refractivity contribution is 0.0793. The Morgan fingerprint density at radius 2 is 1.90 bits per heavy atom. The zero-order valence-corrected chi connectivity index (χ0v) is 18.0. The molecule has 2 aromatic heterocycles. The molecule has 0 saturated carbocycles. The lowest BCUT2D eigenvalue weighted by Crippen LogP contribution is -2.27. The number of aromatic nitrogens is 2. The second-order valence-electron chi connectivity index (χ2n) is 7.61. The number of hydrogen-bond acceptors (Lipinski definition) is 5. The van der Waals surface area contributed by atoms with E-state index in [1.807, 2.05) is 26.0 Å². The highest BCUT2D eigenvalue weighted by Crippen LogP contribution is 2.31. The van der Waals surface area contributed by atoms with Gasteiger partial charge in [-0.05, 0) is 45.2 Å². The molecule has 1 aliphatic rings. The van der Waals surface area contributed by atoms with Crippen molar-refractivity contribution >= 4 is 21.6 Å². The van der Waals surface area contributed by atoms with E-state index < -0.39 is 10.0 Å². The van der Waals surface area contributed by atoms with E-state index in [0.29, 0.717) is 30.0 Å². The topological polar surface area (TPSA) is 108 Å². The van der Waals surface area contributed by atoms with Gasteiger partial charge in [-0.3, -0.25) is 14.6 Å². The quantitative estimate of drug-likeness (QED) is 0.645. The number of rotatable bonds is 5. The number of benzene rings is 1. The third-order valence-electron chi connectivity index (χ3n) is 5.30. The predicted molar refractivity (Wildman–Crippen MR) is 113 cm³/mol. The Bertz CT molecular complexity index is 1200. The Morgan fingerprint density at radius 3 is 2.60 bits per heavy atom. The summed E-state index contributed by atoms with van der Waals surface area (Å²) < 4.78 is 34.3. The summed E-state index contributed by atoms with van der Waals surface area (Å²) in [6.45, 7) is 6.79. The van der Waals surface area contributed by atoms with Gasteiger partial charge in [0.25, 0.3) is 15.9 Å². The highest BCUT2D eigenvalue weighted by molar-refractivity contribution is 7.92. The molecule has 1 aliphatic heterocycles. The fourth-order valence-electron chi connectivity index (χ4n) is 3.71. The number of nitrogens with one attached hydrogen (secondary N) is 2. The van der Waals surface area contributed by atoms with E-state index >= 15 is 0 Å². The lowest BCUT2D eigenvalue weighted by Gasteiger charge is -2.14. The van der Waals surface area contributed by atoms with Gasteiger partial charge in [-0.15, -0.1) is 0 Å². The number of hydrogen-bond donors (Lipinski definition) is 2. The highest BCUT2D eigenvalue weighted by atomic mass is 32.2. The van der Waals surface area contributed by atoms with Crippen molar-refractivity contribution in [2.75, 3.05) is 17.8 Å². The zero-order valence-electron chi connectivity index (χ0n) is 17.2. The third kappa shape index (κ3) is 3.72. The molecule has 3 aromatic rings. The summed E-state index contributed by atoms with van der Waals surface area (Å²) in [5.41, 5.74) is 3.13. The normalized spacial score (nSPS) is 14.3. The van der Waals surface area contributed by atoms with Crippen LogP contribution in [-0.4, -0.2) is 42.5 Å². The smallest absolute Gasteiger partial charge is 0.265 e. The van der Waals surface area contributed by atoms with E-state index in [4.69, 9.17) is 4.42 Å². The standard InChI is InChI=1S/C21H24N4O4S/c1-13-6-7-17(14(2)10-13)24-30(27,28)19-11-18(29-15(19)3)20-16(12-22-23-20)21(26)25-8-4-5-9-25/h6-7,10-12,24H,4-5,8-9H2,1-3H3,(H,22,23). The second kappa shape index (κ2) is 7.64. The zero-order chi connectivity index (χ0) is 21.5. The van der Waals surface area contributed by atoms with Gasteiger partial charge < -0.3 is 9.32 Å². The van der Waals surface area contributed by atoms with Crippen molar-refractivity contribution in [1.29, 1.82) is 0 Å². The number of sulfonamides is 1. The fourth-order valence-corrected chi connectivity index (χ4v) is 5.02. The summed E-state index contributed by atoms with van der Waals surface area (Å²) in [4.78, 5) is 14.6. The minimum absolute atomic E-state index is 0.0200. The van der Waals surface area contributed by atoms with Crippen LogP contribution in [0.2, 0.25) is 0 Å². The van der Waals surface area contributed by atoms with Crippen LogP contribution in [0.1, 0.15) is 40.1 Å². The van der Waals surface area contributed by atoms with Crippen LogP contribution >= 0.6 is 0 Å². The molecule has 30 heavy (non-hydrogen) atoms. The lowest BCUT2D eigenvalue weighted by atomic mass is 10.1. The first-order valence-electron chi connectivity index (χ1n) is 9.80. The first-order chi connectivity index (χ1) is 14.3. The number of likely N-dealkylation sites (tertiary alicyclic amines) is 1. The van der Waals surface area contributed by atoms with Crippen LogP contribution in [-0.2, 0) is 10.0 Å². The van der Waals surface area contributed by atoms with Crippen molar-refractivity contribution in [2.45, 2.75) is 38.5 Å². The SMILES string of the molecule is Cc1ccc(NS(=O)(=O)c2cc(-c3[nH]ncc3C(=O)N3CCCC3)oc2C)c(C)c1. The molecule has 8 nitrogen and oxygen atoms in total. The number of furan rings is 1. The maximum Gasteiger partial charge on any atom is 0.265 e. The number of aromatic amines is 1. The molecule has 3 heterocycles. The summed E-state index contributed by atoms with van der Waals surface area (Å²) >= 11 is 0. The van der Waals surface area contributed by atoms with Crippen LogP contribution < -0.4 is 4.72 Å². The van der Waals surface area contributed by atoms with Crippen LogP contribution in [0.3, 0.4) is 0 Å². The highest BCUT2D eigenvalue weighted by Gasteiger charge is 2.28. The van der Waals surface area contributed by atoms with Crippen LogP contribution in [0.5, 0.6) is 0 Å². The number of H-pyrrole nitrogens is 1. The number of anilines is 1. The molecule has 0 atom stereocenters. The molecular weight excluding hydrogens is 404 g/mol. The number of amides is 1. The summed E-state index contributed by atoms with van der Waals surface area (Å²) in [6.07, 6.45) is 3.41. The van der Waals surface area contributed by atoms with E-state index in [1.54, 1.807) is 17.9 Å². The molecule has 0 bridgehead atoms. The van der Waals surface area contributed by atoms with Gasteiger partial charge in [0.05, 0.1) is 17.4 Å². The minimum atomic E-state index is -3.87. The van der Waals surface area contributed by atoms with Crippen LogP contribution in [0.4, 0.5) is 5.69 Å². The van der Waals surface area contributed by atoms with Gasteiger partial charge in [-0.25, -0.2) is 8.42 Å². The van der Waals surface area contributed by atoms with Crippen LogP contribution in [0.15, 0.2) is 39.8 Å². The van der Waals surface area contributed by atoms with Crippen molar-refractivity contribution in [3.8, 4) is 11.5 Å². The van der Waals surface area contributed by atoms with Gasteiger partial charge in [0.2, 0.25) is 0 Å². The Labute approximate surface area is 175 Å². The first-order valence-corrected chi connectivity index (χ1v) is 11.3. The third-order valence-corrected chi connectivity index (χ3v) is 6.77. The molecule has 1 fully saturated rings.